The number of hydrogen-bond acceptors (Lipinski definition) is 4. The average Bonchev–Trinajstić information content (AvgIpc) is 2.35. The molecule has 1 atom stereocenters. The lowest BCUT2D eigenvalue weighted by Gasteiger charge is -2.18. The van der Waals surface area contributed by atoms with Gasteiger partial charge < -0.3 is 19.9 Å². The minimum atomic E-state index is -0.0290. The number of nitrogens with two attached hydrogens (primary N) is 1. The second-order valence-corrected chi connectivity index (χ2v) is 4.69. The third-order valence-corrected chi connectivity index (χ3v) is 2.84. The van der Waals surface area contributed by atoms with Crippen molar-refractivity contribution < 1.29 is 14.2 Å². The number of rotatable bonds is 6. The van der Waals surface area contributed by atoms with Crippen LogP contribution in [-0.2, 0) is 0 Å². The van der Waals surface area contributed by atoms with Crippen LogP contribution in [0.5, 0.6) is 17.2 Å². The van der Waals surface area contributed by atoms with Gasteiger partial charge in [-0.15, -0.1) is 0 Å². The Balaban J connectivity index is 3.14. The second-order valence-electron chi connectivity index (χ2n) is 4.69. The Labute approximate surface area is 109 Å². The molecule has 0 spiro atoms. The van der Waals surface area contributed by atoms with Crippen molar-refractivity contribution in [2.75, 3.05) is 21.3 Å². The highest BCUT2D eigenvalue weighted by atomic mass is 16.5. The van der Waals surface area contributed by atoms with Crippen molar-refractivity contribution in [3.05, 3.63) is 17.7 Å². The van der Waals surface area contributed by atoms with Crippen LogP contribution in [0.25, 0.3) is 0 Å². The van der Waals surface area contributed by atoms with Gasteiger partial charge in [-0.05, 0) is 30.0 Å². The zero-order valence-electron chi connectivity index (χ0n) is 11.8. The van der Waals surface area contributed by atoms with Crippen LogP contribution in [-0.4, -0.2) is 21.3 Å². The summed E-state index contributed by atoms with van der Waals surface area (Å²) in [6.45, 7) is 4.30. The zero-order chi connectivity index (χ0) is 13.7. The summed E-state index contributed by atoms with van der Waals surface area (Å²) in [5, 5.41) is 0. The van der Waals surface area contributed by atoms with Crippen molar-refractivity contribution >= 4 is 0 Å². The topological polar surface area (TPSA) is 53.7 Å². The predicted molar refractivity (Wildman–Crippen MR) is 72.5 cm³/mol. The molecule has 0 heterocycles. The molecule has 0 aliphatic carbocycles. The Morgan fingerprint density at radius 3 is 1.83 bits per heavy atom. The minimum absolute atomic E-state index is 0.0290. The van der Waals surface area contributed by atoms with Crippen molar-refractivity contribution in [3.8, 4) is 17.2 Å². The summed E-state index contributed by atoms with van der Waals surface area (Å²) in [6, 6.07) is 3.79. The Hall–Kier alpha value is -1.42. The van der Waals surface area contributed by atoms with Gasteiger partial charge in [0.2, 0.25) is 5.75 Å². The van der Waals surface area contributed by atoms with Crippen molar-refractivity contribution in [2.24, 2.45) is 11.7 Å². The van der Waals surface area contributed by atoms with E-state index in [1.54, 1.807) is 21.3 Å². The lowest BCUT2D eigenvalue weighted by Crippen LogP contribution is -2.13. The fraction of sp³-hybridized carbons (Fsp3) is 0.571. The summed E-state index contributed by atoms with van der Waals surface area (Å²) in [7, 11) is 4.80. The molecule has 0 saturated heterocycles. The van der Waals surface area contributed by atoms with Gasteiger partial charge in [0.15, 0.2) is 11.5 Å². The molecule has 4 nitrogen and oxygen atoms in total. The maximum Gasteiger partial charge on any atom is 0.203 e. The first-order valence-electron chi connectivity index (χ1n) is 6.09. The Morgan fingerprint density at radius 1 is 1.00 bits per heavy atom. The van der Waals surface area contributed by atoms with Gasteiger partial charge >= 0.3 is 0 Å². The van der Waals surface area contributed by atoms with Gasteiger partial charge in [0.1, 0.15) is 0 Å². The van der Waals surface area contributed by atoms with Crippen LogP contribution in [0.2, 0.25) is 0 Å². The lowest BCUT2D eigenvalue weighted by atomic mass is 9.97. The molecule has 0 aliphatic rings. The molecule has 102 valence electrons. The monoisotopic (exact) mass is 253 g/mol. The van der Waals surface area contributed by atoms with Gasteiger partial charge in [0.25, 0.3) is 0 Å². The number of hydrogen-bond donors (Lipinski definition) is 1. The van der Waals surface area contributed by atoms with E-state index in [0.717, 1.165) is 12.0 Å². The smallest absolute Gasteiger partial charge is 0.203 e. The second kappa shape index (κ2) is 6.50. The van der Waals surface area contributed by atoms with Gasteiger partial charge in [0, 0.05) is 6.04 Å². The van der Waals surface area contributed by atoms with E-state index in [0.29, 0.717) is 23.2 Å². The molecule has 0 saturated carbocycles. The summed E-state index contributed by atoms with van der Waals surface area (Å²) in [5.41, 5.74) is 7.18. The number of methoxy groups -OCH3 is 3. The van der Waals surface area contributed by atoms with Crippen LogP contribution in [0.1, 0.15) is 31.9 Å². The van der Waals surface area contributed by atoms with Gasteiger partial charge in [-0.3, -0.25) is 0 Å². The van der Waals surface area contributed by atoms with Gasteiger partial charge in [-0.25, -0.2) is 0 Å². The summed E-state index contributed by atoms with van der Waals surface area (Å²) < 4.78 is 15.9. The van der Waals surface area contributed by atoms with Crippen molar-refractivity contribution in [2.45, 2.75) is 26.3 Å². The standard InChI is InChI=1S/C14H23NO3/c1-9(2)6-11(15)10-7-12(16-3)14(18-5)13(8-10)17-4/h7-9,11H,6,15H2,1-5H3/t11-/m0/s1. The largest absolute Gasteiger partial charge is 0.493 e. The van der Waals surface area contributed by atoms with Crippen LogP contribution in [0, 0.1) is 5.92 Å². The predicted octanol–water partition coefficient (Wildman–Crippen LogP) is 2.76. The minimum Gasteiger partial charge on any atom is -0.493 e. The summed E-state index contributed by atoms with van der Waals surface area (Å²) in [6.07, 6.45) is 0.915. The fourth-order valence-electron chi connectivity index (χ4n) is 1.96. The highest BCUT2D eigenvalue weighted by Crippen LogP contribution is 2.40. The molecule has 0 amide bonds. The Bertz CT molecular complexity index is 366. The van der Waals surface area contributed by atoms with Crippen LogP contribution in [0.3, 0.4) is 0 Å². The van der Waals surface area contributed by atoms with Crippen molar-refractivity contribution in [1.29, 1.82) is 0 Å². The highest BCUT2D eigenvalue weighted by molar-refractivity contribution is 5.54. The summed E-state index contributed by atoms with van der Waals surface area (Å²) in [4.78, 5) is 0. The number of ether oxygens (including phenoxy) is 3. The molecule has 4 heteroatoms. The van der Waals surface area contributed by atoms with E-state index in [2.05, 4.69) is 13.8 Å². The Kier molecular flexibility index (Phi) is 5.28. The molecule has 0 radical (unpaired) electrons. The molecule has 1 aromatic carbocycles. The SMILES string of the molecule is COc1cc([C@@H](N)CC(C)C)cc(OC)c1OC. The third-order valence-electron chi connectivity index (χ3n) is 2.84. The van der Waals surface area contributed by atoms with Gasteiger partial charge in [0.05, 0.1) is 21.3 Å². The van der Waals surface area contributed by atoms with E-state index >= 15 is 0 Å². The van der Waals surface area contributed by atoms with E-state index in [1.807, 2.05) is 12.1 Å². The highest BCUT2D eigenvalue weighted by Gasteiger charge is 2.17. The van der Waals surface area contributed by atoms with Crippen LogP contribution in [0.4, 0.5) is 0 Å². The molecule has 1 aromatic rings. The molecule has 2 N–H and O–H groups in total. The lowest BCUT2D eigenvalue weighted by molar-refractivity contribution is 0.323. The molecule has 0 bridgehead atoms. The van der Waals surface area contributed by atoms with E-state index in [9.17, 15) is 0 Å². The van der Waals surface area contributed by atoms with E-state index < -0.39 is 0 Å². The third kappa shape index (κ3) is 3.29. The summed E-state index contributed by atoms with van der Waals surface area (Å²) >= 11 is 0. The van der Waals surface area contributed by atoms with Crippen LogP contribution in [0.15, 0.2) is 12.1 Å². The van der Waals surface area contributed by atoms with E-state index in [1.165, 1.54) is 0 Å². The molecule has 0 aromatic heterocycles. The first-order valence-corrected chi connectivity index (χ1v) is 6.09. The molecule has 0 fully saturated rings. The zero-order valence-corrected chi connectivity index (χ0v) is 11.8. The molecule has 18 heavy (non-hydrogen) atoms. The first-order chi connectivity index (χ1) is 8.53. The Morgan fingerprint density at radius 2 is 1.50 bits per heavy atom. The van der Waals surface area contributed by atoms with Crippen molar-refractivity contribution in [1.82, 2.24) is 0 Å². The molecular weight excluding hydrogens is 230 g/mol. The maximum absolute atomic E-state index is 6.18. The quantitative estimate of drug-likeness (QED) is 0.847. The molecule has 0 aliphatic heterocycles. The molecule has 1 rings (SSSR count). The van der Waals surface area contributed by atoms with E-state index in [-0.39, 0.29) is 6.04 Å². The normalized spacial score (nSPS) is 12.4. The van der Waals surface area contributed by atoms with Gasteiger partial charge in [-0.1, -0.05) is 13.8 Å². The van der Waals surface area contributed by atoms with Crippen LogP contribution >= 0.6 is 0 Å². The summed E-state index contributed by atoms with van der Waals surface area (Å²) in [5.74, 6) is 2.43. The maximum atomic E-state index is 6.18. The first kappa shape index (κ1) is 14.6. The van der Waals surface area contributed by atoms with Gasteiger partial charge in [-0.2, -0.15) is 0 Å². The molecule has 0 unspecified atom stereocenters. The average molecular weight is 253 g/mol. The fourth-order valence-corrected chi connectivity index (χ4v) is 1.96. The van der Waals surface area contributed by atoms with Crippen LogP contribution < -0.4 is 19.9 Å². The van der Waals surface area contributed by atoms with E-state index in [4.69, 9.17) is 19.9 Å². The molecular formula is C14H23NO3. The van der Waals surface area contributed by atoms with Crippen molar-refractivity contribution in [3.63, 3.8) is 0 Å². The number of benzene rings is 1.